The van der Waals surface area contributed by atoms with Gasteiger partial charge in [0.2, 0.25) is 11.2 Å². The lowest BCUT2D eigenvalue weighted by Gasteiger charge is -2.05. The van der Waals surface area contributed by atoms with Crippen molar-refractivity contribution in [2.24, 2.45) is 0 Å². The minimum Gasteiger partial charge on any atom is -0.439 e. The Kier molecular flexibility index (Phi) is 3.37. The van der Waals surface area contributed by atoms with Gasteiger partial charge in [-0.05, 0) is 35.7 Å². The van der Waals surface area contributed by atoms with Gasteiger partial charge in [-0.3, -0.25) is 0 Å². The molecule has 1 aromatic carbocycles. The van der Waals surface area contributed by atoms with Gasteiger partial charge in [0, 0.05) is 12.3 Å². The number of aryl methyl sites for hydroxylation is 1. The summed E-state index contributed by atoms with van der Waals surface area (Å²) < 4.78 is 5.57. The number of hydrogen-bond donors (Lipinski definition) is 0. The van der Waals surface area contributed by atoms with Gasteiger partial charge in [-0.2, -0.15) is 4.98 Å². The normalized spacial score (nSPS) is 10.1. The minimum atomic E-state index is 0.184. The van der Waals surface area contributed by atoms with Gasteiger partial charge in [-0.25, -0.2) is 4.98 Å². The maximum Gasteiger partial charge on any atom is 0.225 e. The molecule has 0 radical (unpaired) electrons. The predicted octanol–water partition coefficient (Wildman–Crippen LogP) is 3.48. The van der Waals surface area contributed by atoms with Crippen molar-refractivity contribution in [2.45, 2.75) is 13.3 Å². The van der Waals surface area contributed by atoms with Crippen LogP contribution in [0.3, 0.4) is 0 Å². The SMILES string of the molecule is CCc1cccc(Oc2ccnc(Cl)n2)c1. The highest BCUT2D eigenvalue weighted by Crippen LogP contribution is 2.21. The molecule has 0 aliphatic heterocycles. The lowest BCUT2D eigenvalue weighted by atomic mass is 10.2. The molecule has 0 amide bonds. The van der Waals surface area contributed by atoms with Crippen LogP contribution in [0.5, 0.6) is 11.6 Å². The molecule has 1 heterocycles. The molecule has 0 saturated heterocycles. The summed E-state index contributed by atoms with van der Waals surface area (Å²) in [5.41, 5.74) is 1.22. The Labute approximate surface area is 99.1 Å². The topological polar surface area (TPSA) is 35.0 Å². The molecule has 4 heteroatoms. The minimum absolute atomic E-state index is 0.184. The van der Waals surface area contributed by atoms with Crippen molar-refractivity contribution >= 4 is 11.6 Å². The largest absolute Gasteiger partial charge is 0.439 e. The summed E-state index contributed by atoms with van der Waals surface area (Å²) in [6, 6.07) is 9.55. The van der Waals surface area contributed by atoms with Crippen molar-refractivity contribution in [3.05, 3.63) is 47.4 Å². The van der Waals surface area contributed by atoms with Crippen molar-refractivity contribution in [1.82, 2.24) is 9.97 Å². The molecular formula is C12H11ClN2O. The van der Waals surface area contributed by atoms with E-state index in [0.29, 0.717) is 5.88 Å². The van der Waals surface area contributed by atoms with Gasteiger partial charge >= 0.3 is 0 Å². The highest BCUT2D eigenvalue weighted by atomic mass is 35.5. The first kappa shape index (κ1) is 10.9. The lowest BCUT2D eigenvalue weighted by Crippen LogP contribution is -1.90. The quantitative estimate of drug-likeness (QED) is 0.763. The van der Waals surface area contributed by atoms with Gasteiger partial charge in [0.15, 0.2) is 0 Å². The Balaban J connectivity index is 2.20. The highest BCUT2D eigenvalue weighted by molar-refractivity contribution is 6.28. The van der Waals surface area contributed by atoms with E-state index >= 15 is 0 Å². The van der Waals surface area contributed by atoms with Crippen LogP contribution in [0.2, 0.25) is 5.28 Å². The van der Waals surface area contributed by atoms with Crippen LogP contribution in [0.4, 0.5) is 0 Å². The van der Waals surface area contributed by atoms with E-state index in [1.165, 1.54) is 5.56 Å². The van der Waals surface area contributed by atoms with Crippen LogP contribution in [0.15, 0.2) is 36.5 Å². The van der Waals surface area contributed by atoms with Gasteiger partial charge in [0.25, 0.3) is 0 Å². The third kappa shape index (κ3) is 2.70. The van der Waals surface area contributed by atoms with E-state index in [0.717, 1.165) is 12.2 Å². The Morgan fingerprint density at radius 2 is 2.19 bits per heavy atom. The Morgan fingerprint density at radius 3 is 2.94 bits per heavy atom. The first-order valence-electron chi connectivity index (χ1n) is 5.03. The Morgan fingerprint density at radius 1 is 1.31 bits per heavy atom. The molecule has 82 valence electrons. The van der Waals surface area contributed by atoms with Gasteiger partial charge in [-0.1, -0.05) is 19.1 Å². The zero-order chi connectivity index (χ0) is 11.4. The molecule has 16 heavy (non-hydrogen) atoms. The van der Waals surface area contributed by atoms with Crippen molar-refractivity contribution in [1.29, 1.82) is 0 Å². The zero-order valence-electron chi connectivity index (χ0n) is 8.85. The first-order chi connectivity index (χ1) is 7.78. The highest BCUT2D eigenvalue weighted by Gasteiger charge is 2.00. The second-order valence-corrected chi connectivity index (χ2v) is 3.60. The van der Waals surface area contributed by atoms with Gasteiger partial charge < -0.3 is 4.74 Å². The van der Waals surface area contributed by atoms with E-state index in [1.807, 2.05) is 18.2 Å². The molecule has 0 unspecified atom stereocenters. The molecule has 0 spiro atoms. The first-order valence-corrected chi connectivity index (χ1v) is 5.41. The molecule has 3 nitrogen and oxygen atoms in total. The molecule has 0 bridgehead atoms. The van der Waals surface area contributed by atoms with Crippen LogP contribution in [0.25, 0.3) is 0 Å². The second kappa shape index (κ2) is 4.94. The molecule has 1 aromatic heterocycles. The summed E-state index contributed by atoms with van der Waals surface area (Å²) in [6.07, 6.45) is 2.54. The monoisotopic (exact) mass is 234 g/mol. The molecule has 0 saturated carbocycles. The van der Waals surface area contributed by atoms with Gasteiger partial charge in [-0.15, -0.1) is 0 Å². The van der Waals surface area contributed by atoms with E-state index in [2.05, 4.69) is 23.0 Å². The van der Waals surface area contributed by atoms with Crippen LogP contribution >= 0.6 is 11.6 Å². The molecular weight excluding hydrogens is 224 g/mol. The maximum absolute atomic E-state index is 5.67. The van der Waals surface area contributed by atoms with Crippen LogP contribution in [0.1, 0.15) is 12.5 Å². The molecule has 0 fully saturated rings. The van der Waals surface area contributed by atoms with E-state index in [-0.39, 0.29) is 5.28 Å². The van der Waals surface area contributed by atoms with E-state index in [1.54, 1.807) is 12.3 Å². The van der Waals surface area contributed by atoms with Crippen LogP contribution in [-0.4, -0.2) is 9.97 Å². The number of nitrogens with zero attached hydrogens (tertiary/aromatic N) is 2. The zero-order valence-corrected chi connectivity index (χ0v) is 9.61. The van der Waals surface area contributed by atoms with Crippen molar-refractivity contribution < 1.29 is 4.74 Å². The van der Waals surface area contributed by atoms with Crippen LogP contribution in [0, 0.1) is 0 Å². The average Bonchev–Trinajstić information content (AvgIpc) is 2.29. The number of ether oxygens (including phenoxy) is 1. The van der Waals surface area contributed by atoms with E-state index in [9.17, 15) is 0 Å². The molecule has 0 atom stereocenters. The smallest absolute Gasteiger partial charge is 0.225 e. The molecule has 2 rings (SSSR count). The van der Waals surface area contributed by atoms with E-state index < -0.39 is 0 Å². The van der Waals surface area contributed by atoms with Crippen molar-refractivity contribution in [3.63, 3.8) is 0 Å². The predicted molar refractivity (Wildman–Crippen MR) is 62.9 cm³/mol. The van der Waals surface area contributed by atoms with Gasteiger partial charge in [0.1, 0.15) is 5.75 Å². The maximum atomic E-state index is 5.67. The van der Waals surface area contributed by atoms with Crippen LogP contribution in [-0.2, 0) is 6.42 Å². The number of benzene rings is 1. The summed E-state index contributed by atoms with van der Waals surface area (Å²) in [5, 5.41) is 0.184. The third-order valence-corrected chi connectivity index (χ3v) is 2.31. The lowest BCUT2D eigenvalue weighted by molar-refractivity contribution is 0.461. The fraction of sp³-hybridized carbons (Fsp3) is 0.167. The van der Waals surface area contributed by atoms with Crippen molar-refractivity contribution in [3.8, 4) is 11.6 Å². The average molecular weight is 235 g/mol. The fourth-order valence-electron chi connectivity index (χ4n) is 1.33. The molecule has 0 aliphatic carbocycles. The van der Waals surface area contributed by atoms with Crippen LogP contribution < -0.4 is 4.74 Å². The number of hydrogen-bond acceptors (Lipinski definition) is 3. The number of halogens is 1. The summed E-state index contributed by atoms with van der Waals surface area (Å²) >= 11 is 5.67. The van der Waals surface area contributed by atoms with E-state index in [4.69, 9.17) is 16.3 Å². The molecule has 0 aliphatic rings. The summed E-state index contributed by atoms with van der Waals surface area (Å²) in [5.74, 6) is 1.21. The summed E-state index contributed by atoms with van der Waals surface area (Å²) in [4.78, 5) is 7.75. The fourth-order valence-corrected chi connectivity index (χ4v) is 1.47. The van der Waals surface area contributed by atoms with Gasteiger partial charge in [0.05, 0.1) is 0 Å². The second-order valence-electron chi connectivity index (χ2n) is 3.27. The van der Waals surface area contributed by atoms with Crippen molar-refractivity contribution in [2.75, 3.05) is 0 Å². The summed E-state index contributed by atoms with van der Waals surface area (Å²) in [6.45, 7) is 2.10. The number of rotatable bonds is 3. The summed E-state index contributed by atoms with van der Waals surface area (Å²) in [7, 11) is 0. The standard InChI is InChI=1S/C12H11ClN2O/c1-2-9-4-3-5-10(8-9)16-11-6-7-14-12(13)15-11/h3-8H,2H2,1H3. The Hall–Kier alpha value is -1.61. The third-order valence-electron chi connectivity index (χ3n) is 2.13. The number of aromatic nitrogens is 2. The molecule has 0 N–H and O–H groups in total. The Bertz CT molecular complexity index is 488. The molecule has 2 aromatic rings.